The first-order valence-corrected chi connectivity index (χ1v) is 7.30. The van der Waals surface area contributed by atoms with E-state index in [4.69, 9.17) is 0 Å². The number of aliphatic carboxylic acids is 1. The van der Waals surface area contributed by atoms with Crippen LogP contribution in [0.4, 0.5) is 0 Å². The maximum atomic E-state index is 11.3. The molecule has 2 nitrogen and oxygen atoms in total. The molecule has 4 heteroatoms. The third kappa shape index (κ3) is 1.76. The molecule has 0 spiro atoms. The number of carboxylic acids is 1. The van der Waals surface area contributed by atoms with Gasteiger partial charge in [-0.25, -0.2) is 0 Å². The van der Waals surface area contributed by atoms with Gasteiger partial charge in [-0.2, -0.15) is 0 Å². The standard InChI is InChI=1S/C13H12O2S2/c14-12(15)13(6-3-7-13)17-11-8-16-10-5-2-1-4-9(10)11/h1-2,4-5,8H,3,6-7H2,(H,14,15). The first kappa shape index (κ1) is 11.1. The number of benzene rings is 1. The lowest BCUT2D eigenvalue weighted by Gasteiger charge is -2.36. The molecule has 1 saturated carbocycles. The monoisotopic (exact) mass is 264 g/mol. The molecule has 0 saturated heterocycles. The van der Waals surface area contributed by atoms with Crippen molar-refractivity contribution in [3.05, 3.63) is 29.6 Å². The van der Waals surface area contributed by atoms with E-state index in [0.29, 0.717) is 0 Å². The maximum absolute atomic E-state index is 11.3. The van der Waals surface area contributed by atoms with Crippen molar-refractivity contribution in [3.8, 4) is 0 Å². The SMILES string of the molecule is O=C(O)C1(Sc2csc3ccccc23)CCC1. The van der Waals surface area contributed by atoms with Gasteiger partial charge in [0.15, 0.2) is 0 Å². The minimum absolute atomic E-state index is 0.566. The Hall–Kier alpha value is -1.00. The molecule has 1 aliphatic rings. The molecule has 1 fully saturated rings. The van der Waals surface area contributed by atoms with Crippen LogP contribution in [0.2, 0.25) is 0 Å². The number of fused-ring (bicyclic) bond motifs is 1. The van der Waals surface area contributed by atoms with Crippen molar-refractivity contribution >= 4 is 39.2 Å². The van der Waals surface area contributed by atoms with E-state index in [9.17, 15) is 9.90 Å². The summed E-state index contributed by atoms with van der Waals surface area (Å²) >= 11 is 3.22. The molecule has 0 bridgehead atoms. The van der Waals surface area contributed by atoms with E-state index in [1.165, 1.54) is 21.8 Å². The summed E-state index contributed by atoms with van der Waals surface area (Å²) in [5.74, 6) is -0.663. The Kier molecular flexibility index (Phi) is 2.64. The molecular weight excluding hydrogens is 252 g/mol. The number of rotatable bonds is 3. The van der Waals surface area contributed by atoms with Crippen molar-refractivity contribution < 1.29 is 9.90 Å². The van der Waals surface area contributed by atoms with E-state index in [2.05, 4.69) is 17.5 Å². The third-order valence-corrected chi connectivity index (χ3v) is 5.95. The lowest BCUT2D eigenvalue weighted by molar-refractivity contribution is -0.142. The number of thioether (sulfide) groups is 1. The highest BCUT2D eigenvalue weighted by molar-refractivity contribution is 8.01. The highest BCUT2D eigenvalue weighted by Crippen LogP contribution is 2.50. The molecule has 1 N–H and O–H groups in total. The maximum Gasteiger partial charge on any atom is 0.320 e. The number of hydrogen-bond donors (Lipinski definition) is 1. The van der Waals surface area contributed by atoms with Gasteiger partial charge in [-0.1, -0.05) is 18.2 Å². The van der Waals surface area contributed by atoms with Gasteiger partial charge in [-0.05, 0) is 25.3 Å². The Labute approximate surface area is 108 Å². The Morgan fingerprint density at radius 1 is 1.35 bits per heavy atom. The number of carbonyl (C=O) groups is 1. The van der Waals surface area contributed by atoms with Crippen LogP contribution in [0.3, 0.4) is 0 Å². The molecule has 3 rings (SSSR count). The quantitative estimate of drug-likeness (QED) is 0.910. The fourth-order valence-corrected chi connectivity index (χ4v) is 4.61. The predicted molar refractivity (Wildman–Crippen MR) is 71.9 cm³/mol. The van der Waals surface area contributed by atoms with E-state index in [1.54, 1.807) is 11.3 Å². The van der Waals surface area contributed by atoms with Crippen LogP contribution in [0, 0.1) is 0 Å². The minimum atomic E-state index is -0.663. The zero-order valence-electron chi connectivity index (χ0n) is 9.18. The first-order chi connectivity index (χ1) is 8.21. The Bertz CT molecular complexity index is 570. The van der Waals surface area contributed by atoms with Gasteiger partial charge < -0.3 is 5.11 Å². The molecule has 1 aliphatic carbocycles. The summed E-state index contributed by atoms with van der Waals surface area (Å²) in [7, 11) is 0. The highest BCUT2D eigenvalue weighted by Gasteiger charge is 2.45. The van der Waals surface area contributed by atoms with Crippen LogP contribution in [-0.2, 0) is 4.79 Å². The zero-order chi connectivity index (χ0) is 11.9. The van der Waals surface area contributed by atoms with Crippen molar-refractivity contribution in [2.24, 2.45) is 0 Å². The summed E-state index contributed by atoms with van der Waals surface area (Å²) in [4.78, 5) is 12.5. The molecule has 0 unspecified atom stereocenters. The number of hydrogen-bond acceptors (Lipinski definition) is 3. The van der Waals surface area contributed by atoms with E-state index in [1.807, 2.05) is 12.1 Å². The van der Waals surface area contributed by atoms with Crippen molar-refractivity contribution in [2.75, 3.05) is 0 Å². The van der Waals surface area contributed by atoms with Crippen molar-refractivity contribution in [2.45, 2.75) is 28.9 Å². The van der Waals surface area contributed by atoms with Crippen LogP contribution in [0.5, 0.6) is 0 Å². The smallest absolute Gasteiger partial charge is 0.320 e. The van der Waals surface area contributed by atoms with Crippen LogP contribution >= 0.6 is 23.1 Å². The zero-order valence-corrected chi connectivity index (χ0v) is 10.8. The number of carboxylic acid groups (broad SMARTS) is 1. The van der Waals surface area contributed by atoms with Gasteiger partial charge in [0.05, 0.1) is 0 Å². The lowest BCUT2D eigenvalue weighted by atomic mass is 9.84. The molecule has 1 heterocycles. The van der Waals surface area contributed by atoms with Crippen molar-refractivity contribution in [3.63, 3.8) is 0 Å². The minimum Gasteiger partial charge on any atom is -0.480 e. The average Bonchev–Trinajstić information content (AvgIpc) is 2.66. The summed E-state index contributed by atoms with van der Waals surface area (Å²) in [6, 6.07) is 8.18. The molecule has 88 valence electrons. The van der Waals surface area contributed by atoms with E-state index >= 15 is 0 Å². The third-order valence-electron chi connectivity index (χ3n) is 3.30. The van der Waals surface area contributed by atoms with E-state index in [0.717, 1.165) is 24.2 Å². The predicted octanol–water partition coefficient (Wildman–Crippen LogP) is 4.00. The van der Waals surface area contributed by atoms with Crippen LogP contribution in [0.15, 0.2) is 34.5 Å². The largest absolute Gasteiger partial charge is 0.480 e. The molecular formula is C13H12O2S2. The summed E-state index contributed by atoms with van der Waals surface area (Å²) in [6.45, 7) is 0. The fourth-order valence-electron chi connectivity index (χ4n) is 2.10. The second-order valence-electron chi connectivity index (χ2n) is 4.35. The molecule has 1 aromatic carbocycles. The van der Waals surface area contributed by atoms with E-state index in [-0.39, 0.29) is 0 Å². The second-order valence-corrected chi connectivity index (χ2v) is 6.69. The summed E-state index contributed by atoms with van der Waals surface area (Å²) in [5.41, 5.74) is 0. The van der Waals surface area contributed by atoms with Gasteiger partial charge >= 0.3 is 5.97 Å². The van der Waals surface area contributed by atoms with Crippen LogP contribution in [0.25, 0.3) is 10.1 Å². The van der Waals surface area contributed by atoms with Gasteiger partial charge in [0.2, 0.25) is 0 Å². The normalized spacial score (nSPS) is 17.9. The average molecular weight is 264 g/mol. The summed E-state index contributed by atoms with van der Waals surface area (Å²) in [5, 5.41) is 12.6. The van der Waals surface area contributed by atoms with Crippen LogP contribution in [0.1, 0.15) is 19.3 Å². The lowest BCUT2D eigenvalue weighted by Crippen LogP contribution is -2.41. The van der Waals surface area contributed by atoms with Gasteiger partial charge in [0, 0.05) is 20.4 Å². The Balaban J connectivity index is 1.97. The molecule has 0 aliphatic heterocycles. The molecule has 0 radical (unpaired) electrons. The molecule has 1 aromatic heterocycles. The number of thiophene rings is 1. The summed E-state index contributed by atoms with van der Waals surface area (Å²) in [6.07, 6.45) is 2.61. The molecule has 2 aromatic rings. The second kappa shape index (κ2) is 4.03. The van der Waals surface area contributed by atoms with Gasteiger partial charge in [-0.15, -0.1) is 23.1 Å². The van der Waals surface area contributed by atoms with Gasteiger partial charge in [0.25, 0.3) is 0 Å². The Morgan fingerprint density at radius 3 is 2.76 bits per heavy atom. The Morgan fingerprint density at radius 2 is 2.12 bits per heavy atom. The van der Waals surface area contributed by atoms with Crippen molar-refractivity contribution in [1.29, 1.82) is 0 Å². The fraction of sp³-hybridized carbons (Fsp3) is 0.308. The van der Waals surface area contributed by atoms with Crippen LogP contribution < -0.4 is 0 Å². The van der Waals surface area contributed by atoms with E-state index < -0.39 is 10.7 Å². The van der Waals surface area contributed by atoms with Gasteiger partial charge in [0.1, 0.15) is 4.75 Å². The van der Waals surface area contributed by atoms with Crippen molar-refractivity contribution in [1.82, 2.24) is 0 Å². The summed E-state index contributed by atoms with van der Waals surface area (Å²) < 4.78 is 0.666. The highest BCUT2D eigenvalue weighted by atomic mass is 32.2. The molecule has 0 atom stereocenters. The van der Waals surface area contributed by atoms with Gasteiger partial charge in [-0.3, -0.25) is 4.79 Å². The molecule has 17 heavy (non-hydrogen) atoms. The molecule has 0 amide bonds. The first-order valence-electron chi connectivity index (χ1n) is 5.60. The topological polar surface area (TPSA) is 37.3 Å². The van der Waals surface area contributed by atoms with Crippen LogP contribution in [-0.4, -0.2) is 15.8 Å².